The van der Waals surface area contributed by atoms with Gasteiger partial charge in [-0.15, -0.1) is 0 Å². The minimum Gasteiger partial charge on any atom is -0.495 e. The van der Waals surface area contributed by atoms with Crippen LogP contribution < -0.4 is 15.4 Å². The van der Waals surface area contributed by atoms with Crippen molar-refractivity contribution in [3.05, 3.63) is 65.9 Å². The Kier molecular flexibility index (Phi) is 5.51. The number of ether oxygens (including phenoxy) is 2. The second kappa shape index (κ2) is 8.18. The van der Waals surface area contributed by atoms with Crippen LogP contribution in [0.25, 0.3) is 0 Å². The van der Waals surface area contributed by atoms with Gasteiger partial charge in [-0.2, -0.15) is 4.98 Å². The van der Waals surface area contributed by atoms with Crippen molar-refractivity contribution in [2.75, 3.05) is 24.9 Å². The normalized spacial score (nSPS) is 10.2. The third kappa shape index (κ3) is 4.33. The maximum atomic E-state index is 11.9. The molecule has 7 heteroatoms. The summed E-state index contributed by atoms with van der Waals surface area (Å²) >= 11 is 0. The number of hydrogen-bond acceptors (Lipinski definition) is 7. The largest absolute Gasteiger partial charge is 0.495 e. The zero-order chi connectivity index (χ0) is 19.2. The van der Waals surface area contributed by atoms with Crippen LogP contribution in [0.4, 0.5) is 23.1 Å². The van der Waals surface area contributed by atoms with E-state index in [2.05, 4.69) is 20.6 Å². The number of esters is 1. The molecule has 2 N–H and O–H groups in total. The molecule has 0 aliphatic rings. The molecule has 7 nitrogen and oxygen atoms in total. The molecule has 3 rings (SSSR count). The molecule has 0 radical (unpaired) electrons. The molecule has 0 saturated heterocycles. The van der Waals surface area contributed by atoms with Crippen molar-refractivity contribution in [3.63, 3.8) is 0 Å². The predicted octanol–water partition coefficient (Wildman–Crippen LogP) is 4.07. The lowest BCUT2D eigenvalue weighted by atomic mass is 10.2. The number of aromatic nitrogens is 2. The summed E-state index contributed by atoms with van der Waals surface area (Å²) in [6, 6.07) is 16.4. The number of aryl methyl sites for hydroxylation is 1. The molecule has 0 spiro atoms. The number of nitrogens with one attached hydrogen (secondary N) is 2. The van der Waals surface area contributed by atoms with E-state index in [-0.39, 0.29) is 0 Å². The topological polar surface area (TPSA) is 85.4 Å². The summed E-state index contributed by atoms with van der Waals surface area (Å²) in [5.41, 5.74) is 2.53. The Morgan fingerprint density at radius 1 is 0.926 bits per heavy atom. The zero-order valence-electron chi connectivity index (χ0n) is 15.3. The number of benzene rings is 2. The number of para-hydroxylation sites is 3. The van der Waals surface area contributed by atoms with Crippen molar-refractivity contribution in [1.29, 1.82) is 0 Å². The van der Waals surface area contributed by atoms with E-state index < -0.39 is 5.97 Å². The average molecular weight is 364 g/mol. The second-order valence-electron chi connectivity index (χ2n) is 5.71. The van der Waals surface area contributed by atoms with Gasteiger partial charge in [0.15, 0.2) is 0 Å². The van der Waals surface area contributed by atoms with E-state index in [0.29, 0.717) is 28.8 Å². The van der Waals surface area contributed by atoms with Gasteiger partial charge in [-0.3, -0.25) is 0 Å². The highest BCUT2D eigenvalue weighted by molar-refractivity contribution is 5.96. The number of methoxy groups -OCH3 is 2. The van der Waals surface area contributed by atoms with Gasteiger partial charge >= 0.3 is 5.97 Å². The van der Waals surface area contributed by atoms with Crippen LogP contribution in [0.1, 0.15) is 16.1 Å². The third-order valence-electron chi connectivity index (χ3n) is 3.80. The van der Waals surface area contributed by atoms with Gasteiger partial charge in [-0.25, -0.2) is 9.78 Å². The van der Waals surface area contributed by atoms with Crippen LogP contribution in [0, 0.1) is 6.92 Å². The Labute approximate surface area is 157 Å². The fourth-order valence-corrected chi connectivity index (χ4v) is 2.57. The van der Waals surface area contributed by atoms with Crippen molar-refractivity contribution < 1.29 is 14.3 Å². The quantitative estimate of drug-likeness (QED) is 0.638. The lowest BCUT2D eigenvalue weighted by Gasteiger charge is -2.13. The SMILES string of the molecule is COC(=O)c1ccccc1Nc1nc(C)cc(Nc2ccccc2OC)n1. The molecule has 0 fully saturated rings. The first-order chi connectivity index (χ1) is 13.1. The van der Waals surface area contributed by atoms with E-state index in [1.165, 1.54) is 7.11 Å². The van der Waals surface area contributed by atoms with Crippen LogP contribution in [-0.4, -0.2) is 30.2 Å². The number of hydrogen-bond donors (Lipinski definition) is 2. The Bertz CT molecular complexity index is 959. The Morgan fingerprint density at radius 2 is 1.63 bits per heavy atom. The molecule has 0 amide bonds. The molecule has 138 valence electrons. The lowest BCUT2D eigenvalue weighted by molar-refractivity contribution is 0.0602. The molecule has 2 aromatic carbocycles. The second-order valence-corrected chi connectivity index (χ2v) is 5.71. The number of carbonyl (C=O) groups is 1. The molecule has 0 saturated carbocycles. The Morgan fingerprint density at radius 3 is 2.37 bits per heavy atom. The highest BCUT2D eigenvalue weighted by Crippen LogP contribution is 2.27. The average Bonchev–Trinajstić information content (AvgIpc) is 2.68. The molecule has 0 bridgehead atoms. The van der Waals surface area contributed by atoms with Gasteiger partial charge in [0, 0.05) is 11.8 Å². The molecule has 0 unspecified atom stereocenters. The Hall–Kier alpha value is -3.61. The van der Waals surface area contributed by atoms with E-state index in [4.69, 9.17) is 9.47 Å². The lowest BCUT2D eigenvalue weighted by Crippen LogP contribution is -2.08. The van der Waals surface area contributed by atoms with Crippen molar-refractivity contribution in [2.24, 2.45) is 0 Å². The van der Waals surface area contributed by atoms with Gasteiger partial charge in [-0.05, 0) is 31.2 Å². The molecule has 0 atom stereocenters. The van der Waals surface area contributed by atoms with Gasteiger partial charge in [0.25, 0.3) is 0 Å². The fourth-order valence-electron chi connectivity index (χ4n) is 2.57. The molecule has 27 heavy (non-hydrogen) atoms. The summed E-state index contributed by atoms with van der Waals surface area (Å²) in [6.07, 6.45) is 0. The van der Waals surface area contributed by atoms with E-state index in [1.807, 2.05) is 43.3 Å². The van der Waals surface area contributed by atoms with Crippen LogP contribution in [0.5, 0.6) is 5.75 Å². The first-order valence-electron chi connectivity index (χ1n) is 8.31. The summed E-state index contributed by atoms with van der Waals surface area (Å²) in [5.74, 6) is 1.24. The van der Waals surface area contributed by atoms with E-state index in [1.54, 1.807) is 25.3 Å². The smallest absolute Gasteiger partial charge is 0.339 e. The maximum Gasteiger partial charge on any atom is 0.339 e. The van der Waals surface area contributed by atoms with Crippen LogP contribution in [0.3, 0.4) is 0 Å². The monoisotopic (exact) mass is 364 g/mol. The van der Waals surface area contributed by atoms with Gasteiger partial charge in [0.05, 0.1) is 31.2 Å². The van der Waals surface area contributed by atoms with Crippen LogP contribution in [0.2, 0.25) is 0 Å². The molecule has 0 aliphatic heterocycles. The highest BCUT2D eigenvalue weighted by atomic mass is 16.5. The molecular weight excluding hydrogens is 344 g/mol. The van der Waals surface area contributed by atoms with Crippen LogP contribution >= 0.6 is 0 Å². The molecular formula is C20H20N4O3. The van der Waals surface area contributed by atoms with Crippen LogP contribution in [-0.2, 0) is 4.74 Å². The van der Waals surface area contributed by atoms with Crippen LogP contribution in [0.15, 0.2) is 54.6 Å². The summed E-state index contributed by atoms with van der Waals surface area (Å²) in [6.45, 7) is 1.87. The zero-order valence-corrected chi connectivity index (χ0v) is 15.3. The minimum absolute atomic E-state index is 0.365. The van der Waals surface area contributed by atoms with E-state index in [0.717, 1.165) is 11.4 Å². The summed E-state index contributed by atoms with van der Waals surface area (Å²) in [4.78, 5) is 20.8. The number of rotatable bonds is 6. The standard InChI is InChI=1S/C20H20N4O3/c1-13-12-18(22-16-10-6-7-11-17(16)26-2)24-20(21-13)23-15-9-5-4-8-14(15)19(25)27-3/h4-12H,1-3H3,(H2,21,22,23,24). The predicted molar refractivity (Wildman–Crippen MR) is 104 cm³/mol. The van der Waals surface area contributed by atoms with Crippen molar-refractivity contribution in [2.45, 2.75) is 6.92 Å². The first kappa shape index (κ1) is 18.2. The molecule has 1 aromatic heterocycles. The number of nitrogens with zero attached hydrogens (tertiary/aromatic N) is 2. The van der Waals surface area contributed by atoms with Gasteiger partial charge < -0.3 is 20.1 Å². The molecule has 3 aromatic rings. The van der Waals surface area contributed by atoms with Crippen molar-refractivity contribution in [1.82, 2.24) is 9.97 Å². The summed E-state index contributed by atoms with van der Waals surface area (Å²) in [5, 5.41) is 6.32. The van der Waals surface area contributed by atoms with E-state index in [9.17, 15) is 4.79 Å². The Balaban J connectivity index is 1.90. The minimum atomic E-state index is -0.432. The number of carbonyl (C=O) groups excluding carboxylic acids is 1. The fraction of sp³-hybridized carbons (Fsp3) is 0.150. The van der Waals surface area contributed by atoms with Gasteiger partial charge in [0.2, 0.25) is 5.95 Å². The summed E-state index contributed by atoms with van der Waals surface area (Å²) in [7, 11) is 2.96. The van der Waals surface area contributed by atoms with Crippen molar-refractivity contribution in [3.8, 4) is 5.75 Å². The third-order valence-corrected chi connectivity index (χ3v) is 3.80. The number of anilines is 4. The van der Waals surface area contributed by atoms with Gasteiger partial charge in [0.1, 0.15) is 11.6 Å². The van der Waals surface area contributed by atoms with Crippen molar-refractivity contribution >= 4 is 29.1 Å². The van der Waals surface area contributed by atoms with E-state index >= 15 is 0 Å². The van der Waals surface area contributed by atoms with Gasteiger partial charge in [-0.1, -0.05) is 24.3 Å². The molecule has 1 heterocycles. The first-order valence-corrected chi connectivity index (χ1v) is 8.31. The maximum absolute atomic E-state index is 11.9. The summed E-state index contributed by atoms with van der Waals surface area (Å²) < 4.78 is 10.2. The molecule has 0 aliphatic carbocycles. The highest BCUT2D eigenvalue weighted by Gasteiger charge is 2.13.